The Morgan fingerprint density at radius 2 is 1.52 bits per heavy atom. The number of rotatable bonds is 4. The quantitative estimate of drug-likeness (QED) is 0.356. The van der Waals surface area contributed by atoms with Crippen LogP contribution in [0.15, 0.2) is 60.7 Å². The number of hydrogen-bond donors (Lipinski definition) is 2. The smallest absolute Gasteiger partial charge is 0.417 e. The third-order valence-electron chi connectivity index (χ3n) is 4.25. The second-order valence-corrected chi connectivity index (χ2v) is 6.63. The van der Waals surface area contributed by atoms with Crippen LogP contribution in [-0.2, 0) is 6.18 Å². The van der Waals surface area contributed by atoms with Crippen LogP contribution in [0.2, 0.25) is 0 Å². The fourth-order valence-corrected chi connectivity index (χ4v) is 2.77. The number of esters is 2. The Hall–Kier alpha value is -4.01. The number of anilines is 2. The molecular weight excluding hydrogens is 413 g/mol. The molecule has 0 aliphatic heterocycles. The molecule has 31 heavy (non-hydrogen) atoms. The van der Waals surface area contributed by atoms with Gasteiger partial charge in [-0.05, 0) is 67.1 Å². The van der Waals surface area contributed by atoms with E-state index in [-0.39, 0.29) is 17.0 Å². The van der Waals surface area contributed by atoms with Crippen molar-refractivity contribution in [2.24, 2.45) is 0 Å². The zero-order chi connectivity index (χ0) is 22.8. The molecule has 3 aromatic carbocycles. The minimum Gasteiger partial charge on any atom is -0.423 e. The van der Waals surface area contributed by atoms with Gasteiger partial charge in [-0.15, -0.1) is 0 Å². The number of carbonyl (C=O) groups excluding carboxylic acids is 2. The number of hydrogen-bond acceptors (Lipinski definition) is 6. The van der Waals surface area contributed by atoms with Crippen molar-refractivity contribution in [2.75, 3.05) is 11.5 Å². The summed E-state index contributed by atoms with van der Waals surface area (Å²) in [4.78, 5) is 24.8. The highest BCUT2D eigenvalue weighted by atomic mass is 19.4. The maximum Gasteiger partial charge on any atom is 0.417 e. The summed E-state index contributed by atoms with van der Waals surface area (Å²) in [5, 5.41) is 0. The molecule has 0 unspecified atom stereocenters. The maximum atomic E-state index is 13.2. The molecule has 0 saturated carbocycles. The van der Waals surface area contributed by atoms with Crippen molar-refractivity contribution in [3.8, 4) is 11.5 Å². The summed E-state index contributed by atoms with van der Waals surface area (Å²) in [6.45, 7) is 1.71. The predicted molar refractivity (Wildman–Crippen MR) is 108 cm³/mol. The van der Waals surface area contributed by atoms with Gasteiger partial charge in [0.2, 0.25) is 0 Å². The van der Waals surface area contributed by atoms with Gasteiger partial charge in [0.15, 0.2) is 0 Å². The Bertz CT molecular complexity index is 1160. The van der Waals surface area contributed by atoms with Gasteiger partial charge in [-0.3, -0.25) is 0 Å². The van der Waals surface area contributed by atoms with Crippen molar-refractivity contribution in [3.63, 3.8) is 0 Å². The highest BCUT2D eigenvalue weighted by molar-refractivity contribution is 5.94. The SMILES string of the molecule is Cc1cc(N)ccc1OC(=O)c1cccc(OC(=O)c2ccc(N)cc2C(F)(F)F)c1. The molecular formula is C22H17F3N2O4. The number of aryl methyl sites for hydroxylation is 1. The highest BCUT2D eigenvalue weighted by Crippen LogP contribution is 2.34. The van der Waals surface area contributed by atoms with E-state index in [0.717, 1.165) is 12.1 Å². The lowest BCUT2D eigenvalue weighted by Gasteiger charge is -2.13. The van der Waals surface area contributed by atoms with E-state index in [0.29, 0.717) is 23.1 Å². The lowest BCUT2D eigenvalue weighted by molar-refractivity contribution is -0.138. The zero-order valence-electron chi connectivity index (χ0n) is 16.2. The second kappa shape index (κ2) is 8.39. The van der Waals surface area contributed by atoms with Crippen LogP contribution in [0.5, 0.6) is 11.5 Å². The molecule has 9 heteroatoms. The predicted octanol–water partition coefficient (Wildman–Crippen LogP) is 4.62. The van der Waals surface area contributed by atoms with E-state index in [9.17, 15) is 22.8 Å². The molecule has 0 aliphatic carbocycles. The van der Waals surface area contributed by atoms with Gasteiger partial charge in [-0.2, -0.15) is 13.2 Å². The summed E-state index contributed by atoms with van der Waals surface area (Å²) in [5.74, 6) is -1.82. The summed E-state index contributed by atoms with van der Waals surface area (Å²) in [6.07, 6.45) is -4.80. The Balaban J connectivity index is 1.81. The molecule has 3 rings (SSSR count). The summed E-state index contributed by atoms with van der Waals surface area (Å²) < 4.78 is 50.1. The first kappa shape index (κ1) is 21.7. The molecule has 6 nitrogen and oxygen atoms in total. The topological polar surface area (TPSA) is 105 Å². The van der Waals surface area contributed by atoms with Gasteiger partial charge >= 0.3 is 18.1 Å². The van der Waals surface area contributed by atoms with Crippen LogP contribution >= 0.6 is 0 Å². The standard InChI is InChI=1S/C22H17F3N2O4/c1-12-9-14(26)6-8-19(12)31-20(28)13-3-2-4-16(10-13)30-21(29)17-7-5-15(27)11-18(17)22(23,24)25/h2-11H,26-27H2,1H3. The molecule has 0 aliphatic rings. The van der Waals surface area contributed by atoms with Crippen LogP contribution < -0.4 is 20.9 Å². The molecule has 0 bridgehead atoms. The summed E-state index contributed by atoms with van der Waals surface area (Å²) >= 11 is 0. The van der Waals surface area contributed by atoms with Crippen molar-refractivity contribution in [2.45, 2.75) is 13.1 Å². The molecule has 3 aromatic rings. The van der Waals surface area contributed by atoms with Gasteiger partial charge in [-0.1, -0.05) is 6.07 Å². The number of alkyl halides is 3. The molecule has 0 radical (unpaired) electrons. The van der Waals surface area contributed by atoms with Crippen LogP contribution in [0.25, 0.3) is 0 Å². The molecule has 0 saturated heterocycles. The first-order valence-electron chi connectivity index (χ1n) is 8.92. The summed E-state index contributed by atoms with van der Waals surface area (Å²) in [5.41, 5.74) is 10.2. The molecule has 0 spiro atoms. The van der Waals surface area contributed by atoms with Gasteiger partial charge in [0, 0.05) is 11.4 Å². The van der Waals surface area contributed by atoms with Crippen LogP contribution in [-0.4, -0.2) is 11.9 Å². The van der Waals surface area contributed by atoms with E-state index in [2.05, 4.69) is 0 Å². The number of benzene rings is 3. The zero-order valence-corrected chi connectivity index (χ0v) is 16.2. The van der Waals surface area contributed by atoms with Gasteiger partial charge in [0.25, 0.3) is 0 Å². The third kappa shape index (κ3) is 5.13. The molecule has 0 fully saturated rings. The largest absolute Gasteiger partial charge is 0.423 e. The maximum absolute atomic E-state index is 13.2. The van der Waals surface area contributed by atoms with E-state index in [1.165, 1.54) is 30.3 Å². The summed E-state index contributed by atoms with van der Waals surface area (Å²) in [7, 11) is 0. The van der Waals surface area contributed by atoms with Crippen molar-refractivity contribution >= 4 is 23.3 Å². The van der Waals surface area contributed by atoms with E-state index in [4.69, 9.17) is 20.9 Å². The highest BCUT2D eigenvalue weighted by Gasteiger charge is 2.36. The van der Waals surface area contributed by atoms with Gasteiger partial charge < -0.3 is 20.9 Å². The number of ether oxygens (including phenoxy) is 2. The van der Waals surface area contributed by atoms with Crippen LogP contribution in [0.3, 0.4) is 0 Å². The summed E-state index contributed by atoms with van der Waals surface area (Å²) in [6, 6.07) is 12.8. The van der Waals surface area contributed by atoms with Crippen LogP contribution in [0, 0.1) is 6.92 Å². The third-order valence-corrected chi connectivity index (χ3v) is 4.25. The van der Waals surface area contributed by atoms with Crippen molar-refractivity contribution in [1.82, 2.24) is 0 Å². The van der Waals surface area contributed by atoms with Crippen LogP contribution in [0.4, 0.5) is 24.5 Å². The lowest BCUT2D eigenvalue weighted by Crippen LogP contribution is -2.17. The Labute approximate surface area is 175 Å². The number of nitrogens with two attached hydrogens (primary N) is 2. The van der Waals surface area contributed by atoms with E-state index in [1.807, 2.05) is 0 Å². The monoisotopic (exact) mass is 430 g/mol. The van der Waals surface area contributed by atoms with Crippen molar-refractivity contribution in [3.05, 3.63) is 82.9 Å². The number of carbonyl (C=O) groups is 2. The van der Waals surface area contributed by atoms with E-state index >= 15 is 0 Å². The molecule has 0 heterocycles. The normalized spacial score (nSPS) is 11.1. The second-order valence-electron chi connectivity index (χ2n) is 6.63. The van der Waals surface area contributed by atoms with E-state index < -0.39 is 29.2 Å². The molecule has 4 N–H and O–H groups in total. The first-order valence-corrected chi connectivity index (χ1v) is 8.92. The Morgan fingerprint density at radius 3 is 2.19 bits per heavy atom. The fourth-order valence-electron chi connectivity index (χ4n) is 2.77. The minimum absolute atomic E-state index is 0.0369. The van der Waals surface area contributed by atoms with Gasteiger partial charge in [0.1, 0.15) is 11.5 Å². The van der Waals surface area contributed by atoms with E-state index in [1.54, 1.807) is 19.1 Å². The van der Waals surface area contributed by atoms with Gasteiger partial charge in [-0.25, -0.2) is 9.59 Å². The molecule has 0 atom stereocenters. The lowest BCUT2D eigenvalue weighted by atomic mass is 10.1. The first-order chi connectivity index (χ1) is 14.5. The van der Waals surface area contributed by atoms with Crippen LogP contribution in [0.1, 0.15) is 31.8 Å². The fraction of sp³-hybridized carbons (Fsp3) is 0.0909. The average molecular weight is 430 g/mol. The van der Waals surface area contributed by atoms with Crippen molar-refractivity contribution in [1.29, 1.82) is 0 Å². The average Bonchev–Trinajstić information content (AvgIpc) is 2.69. The Kier molecular flexibility index (Phi) is 5.87. The van der Waals surface area contributed by atoms with Gasteiger partial charge in [0.05, 0.1) is 16.7 Å². The number of halogens is 3. The van der Waals surface area contributed by atoms with Crippen molar-refractivity contribution < 1.29 is 32.2 Å². The Morgan fingerprint density at radius 1 is 0.839 bits per heavy atom. The molecule has 160 valence electrons. The minimum atomic E-state index is -4.80. The molecule has 0 aromatic heterocycles. The molecule has 0 amide bonds. The number of nitrogen functional groups attached to an aromatic ring is 2.